The largest absolute Gasteiger partial charge is 0.0654 e. The van der Waals surface area contributed by atoms with Crippen molar-refractivity contribution in [2.45, 2.75) is 72.6 Å². The average Bonchev–Trinajstić information content (AvgIpc) is 2.03. The highest BCUT2D eigenvalue weighted by atomic mass is 14.4. The van der Waals surface area contributed by atoms with Crippen molar-refractivity contribution in [1.82, 2.24) is 0 Å². The third-order valence-electron chi connectivity index (χ3n) is 3.94. The predicted molar refractivity (Wildman–Crippen MR) is 59.9 cm³/mol. The van der Waals surface area contributed by atoms with Crippen LogP contribution in [0.1, 0.15) is 72.6 Å². The zero-order chi connectivity index (χ0) is 9.95. The van der Waals surface area contributed by atoms with Crippen LogP contribution >= 0.6 is 0 Å². The topological polar surface area (TPSA) is 0 Å². The van der Waals surface area contributed by atoms with E-state index in [1.54, 1.807) is 0 Å². The third-order valence-corrected chi connectivity index (χ3v) is 3.94. The molecule has 0 aromatic carbocycles. The van der Waals surface area contributed by atoms with Crippen LogP contribution in [0.2, 0.25) is 0 Å². The summed E-state index contributed by atoms with van der Waals surface area (Å²) in [6.07, 6.45) is 10.1. The molecule has 0 spiro atoms. The predicted octanol–water partition coefficient (Wildman–Crippen LogP) is 4.78. The summed E-state index contributed by atoms with van der Waals surface area (Å²) >= 11 is 0. The molecule has 13 heavy (non-hydrogen) atoms. The van der Waals surface area contributed by atoms with E-state index in [-0.39, 0.29) is 0 Å². The van der Waals surface area contributed by atoms with Crippen LogP contribution in [0.25, 0.3) is 0 Å². The molecular formula is C13H26. The summed E-state index contributed by atoms with van der Waals surface area (Å²) in [6, 6.07) is 0. The van der Waals surface area contributed by atoms with E-state index < -0.39 is 0 Å². The van der Waals surface area contributed by atoms with E-state index in [2.05, 4.69) is 27.7 Å². The van der Waals surface area contributed by atoms with E-state index >= 15 is 0 Å². The van der Waals surface area contributed by atoms with Crippen LogP contribution in [0.15, 0.2) is 0 Å². The van der Waals surface area contributed by atoms with E-state index in [1.165, 1.54) is 44.9 Å². The third kappa shape index (κ3) is 2.72. The first kappa shape index (κ1) is 11.1. The Morgan fingerprint density at radius 1 is 1.08 bits per heavy atom. The van der Waals surface area contributed by atoms with Crippen LogP contribution < -0.4 is 0 Å². The Labute approximate surface area is 84.1 Å². The fourth-order valence-electron chi connectivity index (χ4n) is 3.36. The van der Waals surface area contributed by atoms with Gasteiger partial charge in [-0.1, -0.05) is 47.0 Å². The van der Waals surface area contributed by atoms with Crippen LogP contribution in [0, 0.1) is 10.8 Å². The van der Waals surface area contributed by atoms with Gasteiger partial charge in [0.25, 0.3) is 0 Å². The highest BCUT2D eigenvalue weighted by molar-refractivity contribution is 4.89. The monoisotopic (exact) mass is 182 g/mol. The van der Waals surface area contributed by atoms with Crippen LogP contribution in [0.4, 0.5) is 0 Å². The van der Waals surface area contributed by atoms with Gasteiger partial charge in [-0.2, -0.15) is 0 Å². The van der Waals surface area contributed by atoms with Gasteiger partial charge in [-0.15, -0.1) is 0 Å². The Bertz CT molecular complexity index is 153. The molecule has 78 valence electrons. The number of hydrogen-bond acceptors (Lipinski definition) is 0. The second-order valence-electron chi connectivity index (χ2n) is 5.80. The fourth-order valence-corrected chi connectivity index (χ4v) is 3.36. The van der Waals surface area contributed by atoms with Crippen molar-refractivity contribution in [3.05, 3.63) is 0 Å². The first-order chi connectivity index (χ1) is 6.04. The SMILES string of the molecule is CCCC1(CC)CCCC(C)(C)C1. The summed E-state index contributed by atoms with van der Waals surface area (Å²) < 4.78 is 0. The summed E-state index contributed by atoms with van der Waals surface area (Å²) in [7, 11) is 0. The lowest BCUT2D eigenvalue weighted by molar-refractivity contribution is 0.0697. The highest BCUT2D eigenvalue weighted by Gasteiger charge is 2.37. The van der Waals surface area contributed by atoms with Gasteiger partial charge in [0.15, 0.2) is 0 Å². The van der Waals surface area contributed by atoms with Crippen molar-refractivity contribution < 1.29 is 0 Å². The molecule has 0 radical (unpaired) electrons. The molecule has 1 fully saturated rings. The maximum Gasteiger partial charge on any atom is -0.0295 e. The summed E-state index contributed by atoms with van der Waals surface area (Å²) in [6.45, 7) is 9.62. The first-order valence-electron chi connectivity index (χ1n) is 6.04. The molecule has 0 bridgehead atoms. The number of hydrogen-bond donors (Lipinski definition) is 0. The molecule has 1 saturated carbocycles. The van der Waals surface area contributed by atoms with Crippen molar-refractivity contribution in [3.63, 3.8) is 0 Å². The zero-order valence-electron chi connectivity index (χ0n) is 9.95. The molecule has 0 aromatic rings. The van der Waals surface area contributed by atoms with Gasteiger partial charge < -0.3 is 0 Å². The molecule has 1 unspecified atom stereocenters. The molecule has 0 N–H and O–H groups in total. The lowest BCUT2D eigenvalue weighted by Crippen LogP contribution is -2.32. The van der Waals surface area contributed by atoms with Gasteiger partial charge in [0, 0.05) is 0 Å². The second-order valence-corrected chi connectivity index (χ2v) is 5.80. The van der Waals surface area contributed by atoms with E-state index in [1.807, 2.05) is 0 Å². The van der Waals surface area contributed by atoms with Gasteiger partial charge in [-0.3, -0.25) is 0 Å². The van der Waals surface area contributed by atoms with Gasteiger partial charge in [-0.05, 0) is 36.5 Å². The Kier molecular flexibility index (Phi) is 3.43. The van der Waals surface area contributed by atoms with Crippen molar-refractivity contribution in [1.29, 1.82) is 0 Å². The van der Waals surface area contributed by atoms with Crippen LogP contribution in [-0.2, 0) is 0 Å². The molecule has 0 aliphatic heterocycles. The second kappa shape index (κ2) is 4.02. The minimum absolute atomic E-state index is 0.615. The van der Waals surface area contributed by atoms with Gasteiger partial charge in [-0.25, -0.2) is 0 Å². The lowest BCUT2D eigenvalue weighted by atomic mass is 9.61. The minimum atomic E-state index is 0.615. The van der Waals surface area contributed by atoms with E-state index in [0.717, 1.165) is 0 Å². The maximum atomic E-state index is 2.45. The molecule has 0 amide bonds. The molecule has 1 aliphatic rings. The maximum absolute atomic E-state index is 2.45. The summed E-state index contributed by atoms with van der Waals surface area (Å²) in [5.74, 6) is 0. The summed E-state index contributed by atoms with van der Waals surface area (Å²) in [4.78, 5) is 0. The molecule has 0 saturated heterocycles. The average molecular weight is 182 g/mol. The standard InChI is InChI=1S/C13H26/c1-5-8-13(6-2)10-7-9-12(3,4)11-13/h5-11H2,1-4H3. The lowest BCUT2D eigenvalue weighted by Gasteiger charge is -2.45. The van der Waals surface area contributed by atoms with Crippen molar-refractivity contribution >= 4 is 0 Å². The van der Waals surface area contributed by atoms with Gasteiger partial charge in [0.2, 0.25) is 0 Å². The molecule has 0 heteroatoms. The molecule has 0 nitrogen and oxygen atoms in total. The quantitative estimate of drug-likeness (QED) is 0.589. The Morgan fingerprint density at radius 3 is 2.23 bits per heavy atom. The minimum Gasteiger partial charge on any atom is -0.0654 e. The first-order valence-corrected chi connectivity index (χ1v) is 6.04. The summed E-state index contributed by atoms with van der Waals surface area (Å²) in [5, 5.41) is 0. The Morgan fingerprint density at radius 2 is 1.77 bits per heavy atom. The number of rotatable bonds is 3. The smallest absolute Gasteiger partial charge is 0.0295 e. The van der Waals surface area contributed by atoms with Crippen molar-refractivity contribution in [3.8, 4) is 0 Å². The van der Waals surface area contributed by atoms with Crippen LogP contribution in [-0.4, -0.2) is 0 Å². The van der Waals surface area contributed by atoms with Crippen molar-refractivity contribution in [2.24, 2.45) is 10.8 Å². The molecule has 1 rings (SSSR count). The van der Waals surface area contributed by atoms with Crippen molar-refractivity contribution in [2.75, 3.05) is 0 Å². The van der Waals surface area contributed by atoms with Gasteiger partial charge in [0.05, 0.1) is 0 Å². The molecular weight excluding hydrogens is 156 g/mol. The van der Waals surface area contributed by atoms with Crippen LogP contribution in [0.5, 0.6) is 0 Å². The highest BCUT2D eigenvalue weighted by Crippen LogP contribution is 2.50. The fraction of sp³-hybridized carbons (Fsp3) is 1.00. The Hall–Kier alpha value is 0. The molecule has 0 heterocycles. The normalized spacial score (nSPS) is 33.2. The molecule has 1 atom stereocenters. The molecule has 0 aromatic heterocycles. The van der Waals surface area contributed by atoms with Crippen LogP contribution in [0.3, 0.4) is 0 Å². The molecule has 1 aliphatic carbocycles. The Balaban J connectivity index is 2.64. The van der Waals surface area contributed by atoms with Gasteiger partial charge in [0.1, 0.15) is 0 Å². The van der Waals surface area contributed by atoms with Gasteiger partial charge >= 0.3 is 0 Å². The summed E-state index contributed by atoms with van der Waals surface area (Å²) in [5.41, 5.74) is 1.32. The zero-order valence-corrected chi connectivity index (χ0v) is 9.95. The van der Waals surface area contributed by atoms with E-state index in [0.29, 0.717) is 10.8 Å². The van der Waals surface area contributed by atoms with E-state index in [9.17, 15) is 0 Å². The van der Waals surface area contributed by atoms with E-state index in [4.69, 9.17) is 0 Å².